The Kier molecular flexibility index (Phi) is 6.38. The van der Waals surface area contributed by atoms with Crippen LogP contribution < -0.4 is 0 Å². The van der Waals surface area contributed by atoms with Crippen LogP contribution in [0.15, 0.2) is 18.3 Å². The molecule has 0 N–H and O–H groups in total. The van der Waals surface area contributed by atoms with Gasteiger partial charge in [-0.1, -0.05) is 31.5 Å². The van der Waals surface area contributed by atoms with Crippen molar-refractivity contribution >= 4 is 11.6 Å². The normalized spacial score (nSPS) is 11.0. The molecule has 4 heteroatoms. The first kappa shape index (κ1) is 13.4. The molecule has 16 heavy (non-hydrogen) atoms. The van der Waals surface area contributed by atoms with Crippen LogP contribution >= 0.6 is 11.6 Å². The minimum atomic E-state index is 0.484. The predicted octanol–water partition coefficient (Wildman–Crippen LogP) is 2.92. The van der Waals surface area contributed by atoms with Gasteiger partial charge in [0.05, 0.1) is 19.8 Å². The molecule has 0 unspecified atom stereocenters. The maximum atomic E-state index is 5.88. The Morgan fingerprint density at radius 2 is 2.06 bits per heavy atom. The summed E-state index contributed by atoms with van der Waals surface area (Å²) in [6.07, 6.45) is 1.66. The smallest absolute Gasteiger partial charge is 0.134 e. The fourth-order valence-electron chi connectivity index (χ4n) is 1.15. The van der Waals surface area contributed by atoms with Gasteiger partial charge in [0.15, 0.2) is 0 Å². The molecule has 0 aliphatic heterocycles. The summed E-state index contributed by atoms with van der Waals surface area (Å²) in [5.74, 6) is 0.563. The van der Waals surface area contributed by atoms with Gasteiger partial charge in [-0.2, -0.15) is 0 Å². The van der Waals surface area contributed by atoms with Gasteiger partial charge in [-0.05, 0) is 12.0 Å². The number of ether oxygens (including phenoxy) is 2. The van der Waals surface area contributed by atoms with E-state index in [9.17, 15) is 0 Å². The number of hydrogen-bond acceptors (Lipinski definition) is 3. The molecule has 0 aromatic carbocycles. The van der Waals surface area contributed by atoms with Gasteiger partial charge in [-0.15, -0.1) is 0 Å². The first-order valence-electron chi connectivity index (χ1n) is 5.45. The van der Waals surface area contributed by atoms with Gasteiger partial charge in [0, 0.05) is 18.4 Å². The van der Waals surface area contributed by atoms with E-state index in [1.165, 1.54) is 0 Å². The van der Waals surface area contributed by atoms with Crippen molar-refractivity contribution in [1.29, 1.82) is 0 Å². The Bertz CT molecular complexity index is 305. The van der Waals surface area contributed by atoms with Gasteiger partial charge in [0.2, 0.25) is 0 Å². The molecule has 1 aromatic rings. The van der Waals surface area contributed by atoms with E-state index in [4.69, 9.17) is 21.1 Å². The molecule has 0 saturated heterocycles. The number of rotatable bonds is 7. The zero-order chi connectivity index (χ0) is 11.8. The number of aromatic nitrogens is 1. The minimum Gasteiger partial charge on any atom is -0.379 e. The first-order chi connectivity index (χ1) is 7.70. The van der Waals surface area contributed by atoms with E-state index in [-0.39, 0.29) is 0 Å². The molecule has 0 fully saturated rings. The molecule has 0 aliphatic rings. The van der Waals surface area contributed by atoms with Crippen molar-refractivity contribution in [2.75, 3.05) is 19.8 Å². The van der Waals surface area contributed by atoms with Crippen molar-refractivity contribution in [2.45, 2.75) is 20.5 Å². The van der Waals surface area contributed by atoms with Crippen LogP contribution in [0.25, 0.3) is 0 Å². The van der Waals surface area contributed by atoms with Gasteiger partial charge in [-0.25, -0.2) is 4.98 Å². The highest BCUT2D eigenvalue weighted by Crippen LogP contribution is 2.12. The molecule has 0 bridgehead atoms. The Morgan fingerprint density at radius 3 is 2.75 bits per heavy atom. The molecule has 0 saturated carbocycles. The van der Waals surface area contributed by atoms with Crippen LogP contribution in [0, 0.1) is 5.92 Å². The standard InChI is InChI=1S/C12H18ClNO2/c1-10(2)8-15-6-7-16-9-11-4-3-5-14-12(11)13/h3-5,10H,6-9H2,1-2H3. The minimum absolute atomic E-state index is 0.484. The van der Waals surface area contributed by atoms with Crippen LogP contribution in [0.1, 0.15) is 19.4 Å². The van der Waals surface area contributed by atoms with Gasteiger partial charge >= 0.3 is 0 Å². The monoisotopic (exact) mass is 243 g/mol. The predicted molar refractivity (Wildman–Crippen MR) is 64.6 cm³/mol. The second-order valence-corrected chi connectivity index (χ2v) is 4.33. The van der Waals surface area contributed by atoms with Gasteiger partial charge < -0.3 is 9.47 Å². The van der Waals surface area contributed by atoms with Gasteiger partial charge in [0.25, 0.3) is 0 Å². The molecule has 1 aromatic heterocycles. The maximum Gasteiger partial charge on any atom is 0.134 e. The molecule has 0 radical (unpaired) electrons. The van der Waals surface area contributed by atoms with E-state index >= 15 is 0 Å². The third-order valence-electron chi connectivity index (χ3n) is 1.92. The third-order valence-corrected chi connectivity index (χ3v) is 2.26. The van der Waals surface area contributed by atoms with Crippen molar-refractivity contribution in [1.82, 2.24) is 4.98 Å². The van der Waals surface area contributed by atoms with E-state index in [0.29, 0.717) is 30.9 Å². The summed E-state index contributed by atoms with van der Waals surface area (Å²) in [6.45, 7) is 6.70. The molecular formula is C12H18ClNO2. The highest BCUT2D eigenvalue weighted by atomic mass is 35.5. The lowest BCUT2D eigenvalue weighted by Gasteiger charge is -2.08. The highest BCUT2D eigenvalue weighted by Gasteiger charge is 2.00. The number of halogens is 1. The Hall–Kier alpha value is -0.640. The van der Waals surface area contributed by atoms with Crippen LogP contribution in [-0.2, 0) is 16.1 Å². The average molecular weight is 244 g/mol. The lowest BCUT2D eigenvalue weighted by molar-refractivity contribution is 0.0314. The molecule has 0 aliphatic carbocycles. The summed E-state index contributed by atoms with van der Waals surface area (Å²) in [6, 6.07) is 3.75. The van der Waals surface area contributed by atoms with E-state index in [1.807, 2.05) is 12.1 Å². The molecule has 0 amide bonds. The number of hydrogen-bond donors (Lipinski definition) is 0. The van der Waals surface area contributed by atoms with E-state index in [2.05, 4.69) is 18.8 Å². The molecule has 0 spiro atoms. The second-order valence-electron chi connectivity index (χ2n) is 3.97. The molecule has 1 heterocycles. The zero-order valence-corrected chi connectivity index (χ0v) is 10.5. The molecular weight excluding hydrogens is 226 g/mol. The Labute approximate surface area is 102 Å². The largest absolute Gasteiger partial charge is 0.379 e. The van der Waals surface area contributed by atoms with Crippen LogP contribution in [0.4, 0.5) is 0 Å². The number of nitrogens with zero attached hydrogens (tertiary/aromatic N) is 1. The van der Waals surface area contributed by atoms with Crippen LogP contribution in [0.2, 0.25) is 5.15 Å². The highest BCUT2D eigenvalue weighted by molar-refractivity contribution is 6.30. The van der Waals surface area contributed by atoms with Crippen LogP contribution in [0.3, 0.4) is 0 Å². The second kappa shape index (κ2) is 7.60. The van der Waals surface area contributed by atoms with Crippen LogP contribution in [0.5, 0.6) is 0 Å². The van der Waals surface area contributed by atoms with E-state index < -0.39 is 0 Å². The molecule has 0 atom stereocenters. The summed E-state index contributed by atoms with van der Waals surface area (Å²) in [5.41, 5.74) is 0.910. The molecule has 3 nitrogen and oxygen atoms in total. The van der Waals surface area contributed by atoms with Crippen LogP contribution in [-0.4, -0.2) is 24.8 Å². The SMILES string of the molecule is CC(C)COCCOCc1cccnc1Cl. The van der Waals surface area contributed by atoms with Gasteiger partial charge in [0.1, 0.15) is 5.15 Å². The van der Waals surface area contributed by atoms with E-state index in [0.717, 1.165) is 12.2 Å². The topological polar surface area (TPSA) is 31.4 Å². The summed E-state index contributed by atoms with van der Waals surface area (Å²) in [7, 11) is 0. The van der Waals surface area contributed by atoms with Gasteiger partial charge in [-0.3, -0.25) is 0 Å². The average Bonchev–Trinajstić information content (AvgIpc) is 2.25. The quantitative estimate of drug-likeness (QED) is 0.545. The van der Waals surface area contributed by atoms with Crippen molar-refractivity contribution < 1.29 is 9.47 Å². The molecule has 90 valence electrons. The zero-order valence-electron chi connectivity index (χ0n) is 9.78. The number of pyridine rings is 1. The summed E-state index contributed by atoms with van der Waals surface area (Å²) in [4.78, 5) is 3.97. The lowest BCUT2D eigenvalue weighted by atomic mass is 10.2. The summed E-state index contributed by atoms with van der Waals surface area (Å²) >= 11 is 5.88. The first-order valence-corrected chi connectivity index (χ1v) is 5.83. The van der Waals surface area contributed by atoms with Crippen molar-refractivity contribution in [3.05, 3.63) is 29.0 Å². The third kappa shape index (κ3) is 5.45. The Balaban J connectivity index is 2.10. The summed E-state index contributed by atoms with van der Waals surface area (Å²) in [5, 5.41) is 0.505. The van der Waals surface area contributed by atoms with E-state index in [1.54, 1.807) is 6.20 Å². The van der Waals surface area contributed by atoms with Crippen molar-refractivity contribution in [3.8, 4) is 0 Å². The van der Waals surface area contributed by atoms with Crippen molar-refractivity contribution in [2.24, 2.45) is 5.92 Å². The fourth-order valence-corrected chi connectivity index (χ4v) is 1.32. The Morgan fingerprint density at radius 1 is 1.31 bits per heavy atom. The molecule has 1 rings (SSSR count). The summed E-state index contributed by atoms with van der Waals surface area (Å²) < 4.78 is 10.8. The lowest BCUT2D eigenvalue weighted by Crippen LogP contribution is -2.08. The maximum absolute atomic E-state index is 5.88. The van der Waals surface area contributed by atoms with Crippen molar-refractivity contribution in [3.63, 3.8) is 0 Å². The fraction of sp³-hybridized carbons (Fsp3) is 0.583.